The highest BCUT2D eigenvalue weighted by molar-refractivity contribution is 5.42. The molecular weight excluding hydrogens is 328 g/mol. The van der Waals surface area contributed by atoms with E-state index in [1.54, 1.807) is 6.07 Å². The highest BCUT2D eigenvalue weighted by Gasteiger charge is 2.36. The largest absolute Gasteiger partial charge is 0.481 e. The van der Waals surface area contributed by atoms with E-state index in [-0.39, 0.29) is 6.61 Å². The second kappa shape index (κ2) is 7.31. The lowest BCUT2D eigenvalue weighted by molar-refractivity contribution is 0.104. The van der Waals surface area contributed by atoms with E-state index in [1.807, 2.05) is 4.90 Å². The number of aliphatic hydroxyl groups is 1. The molecule has 0 amide bonds. The molecule has 1 aliphatic rings. The van der Waals surface area contributed by atoms with E-state index in [2.05, 4.69) is 9.97 Å². The molecule has 5 nitrogen and oxygen atoms in total. The van der Waals surface area contributed by atoms with Crippen molar-refractivity contribution < 1.29 is 18.6 Å². The topological polar surface area (TPSA) is 58.5 Å². The molecule has 1 unspecified atom stereocenters. The number of anilines is 1. The minimum atomic E-state index is -0.599. The molecular formula is C18H21F2N3O2. The molecule has 0 spiro atoms. The highest BCUT2D eigenvalue weighted by atomic mass is 19.1. The maximum atomic E-state index is 14.1. The van der Waals surface area contributed by atoms with E-state index in [9.17, 15) is 13.9 Å². The number of rotatable bonds is 5. The fourth-order valence-corrected chi connectivity index (χ4v) is 3.42. The van der Waals surface area contributed by atoms with Crippen LogP contribution >= 0.6 is 0 Å². The Hall–Kier alpha value is -2.28. The van der Waals surface area contributed by atoms with Gasteiger partial charge in [-0.2, -0.15) is 0 Å². The normalized spacial score (nSPS) is 20.6. The van der Waals surface area contributed by atoms with Gasteiger partial charge in [-0.05, 0) is 30.9 Å². The molecule has 0 bridgehead atoms. The SMILES string of the molecule is COc1cc(N2CCCC(CO)(Cc3ccc(F)cc3F)C2)ncn1. The lowest BCUT2D eigenvalue weighted by atomic mass is 9.75. The van der Waals surface area contributed by atoms with Gasteiger partial charge in [0.15, 0.2) is 0 Å². The summed E-state index contributed by atoms with van der Waals surface area (Å²) >= 11 is 0. The maximum absolute atomic E-state index is 14.1. The fourth-order valence-electron chi connectivity index (χ4n) is 3.42. The second-order valence-electron chi connectivity index (χ2n) is 6.51. The first kappa shape index (κ1) is 17.5. The summed E-state index contributed by atoms with van der Waals surface area (Å²) in [5.74, 6) is 0.00464. The van der Waals surface area contributed by atoms with Crippen molar-refractivity contribution in [2.24, 2.45) is 5.41 Å². The molecule has 134 valence electrons. The van der Waals surface area contributed by atoms with Crippen LogP contribution in [0.1, 0.15) is 18.4 Å². The predicted molar refractivity (Wildman–Crippen MR) is 89.6 cm³/mol. The fraction of sp³-hybridized carbons (Fsp3) is 0.444. The number of hydrogen-bond acceptors (Lipinski definition) is 5. The molecule has 0 saturated carbocycles. The molecule has 1 atom stereocenters. The number of halogens is 2. The Balaban J connectivity index is 1.83. The van der Waals surface area contributed by atoms with Crippen molar-refractivity contribution in [2.45, 2.75) is 19.3 Å². The first-order valence-corrected chi connectivity index (χ1v) is 8.21. The van der Waals surface area contributed by atoms with Gasteiger partial charge in [0, 0.05) is 30.6 Å². The van der Waals surface area contributed by atoms with Crippen LogP contribution in [0.2, 0.25) is 0 Å². The van der Waals surface area contributed by atoms with Crippen molar-refractivity contribution in [3.05, 3.63) is 47.8 Å². The molecule has 2 heterocycles. The molecule has 1 saturated heterocycles. The summed E-state index contributed by atoms with van der Waals surface area (Å²) in [6.07, 6.45) is 3.38. The van der Waals surface area contributed by atoms with Crippen molar-refractivity contribution >= 4 is 5.82 Å². The molecule has 0 radical (unpaired) electrons. The first-order chi connectivity index (χ1) is 12.0. The number of benzene rings is 1. The van der Waals surface area contributed by atoms with Crippen LogP contribution in [-0.4, -0.2) is 41.9 Å². The van der Waals surface area contributed by atoms with E-state index >= 15 is 0 Å². The monoisotopic (exact) mass is 349 g/mol. The summed E-state index contributed by atoms with van der Waals surface area (Å²) in [7, 11) is 1.54. The van der Waals surface area contributed by atoms with Gasteiger partial charge >= 0.3 is 0 Å². The molecule has 1 N–H and O–H groups in total. The molecule has 0 aliphatic carbocycles. The summed E-state index contributed by atoms with van der Waals surface area (Å²) in [5, 5.41) is 10.0. The van der Waals surface area contributed by atoms with E-state index in [0.717, 1.165) is 25.5 Å². The third kappa shape index (κ3) is 3.87. The number of aliphatic hydroxyl groups excluding tert-OH is 1. The van der Waals surface area contributed by atoms with Crippen LogP contribution in [0.4, 0.5) is 14.6 Å². The van der Waals surface area contributed by atoms with Gasteiger partial charge in [-0.1, -0.05) is 6.07 Å². The quantitative estimate of drug-likeness (QED) is 0.899. The van der Waals surface area contributed by atoms with Crippen LogP contribution in [0, 0.1) is 17.0 Å². The number of aromatic nitrogens is 2. The third-order valence-corrected chi connectivity index (χ3v) is 4.74. The minimum Gasteiger partial charge on any atom is -0.481 e. The number of hydrogen-bond donors (Lipinski definition) is 1. The number of piperidine rings is 1. The molecule has 1 aliphatic heterocycles. The van der Waals surface area contributed by atoms with Crippen LogP contribution < -0.4 is 9.64 Å². The van der Waals surface area contributed by atoms with Crippen LogP contribution in [0.3, 0.4) is 0 Å². The van der Waals surface area contributed by atoms with Gasteiger partial charge in [-0.3, -0.25) is 0 Å². The average molecular weight is 349 g/mol. The predicted octanol–water partition coefficient (Wildman–Crippen LogP) is 2.59. The van der Waals surface area contributed by atoms with E-state index in [4.69, 9.17) is 4.74 Å². The second-order valence-corrected chi connectivity index (χ2v) is 6.51. The van der Waals surface area contributed by atoms with Crippen molar-refractivity contribution in [2.75, 3.05) is 31.7 Å². The van der Waals surface area contributed by atoms with Gasteiger partial charge in [-0.15, -0.1) is 0 Å². The van der Waals surface area contributed by atoms with Gasteiger partial charge in [0.25, 0.3) is 0 Å². The molecule has 2 aromatic rings. The zero-order chi connectivity index (χ0) is 17.9. The summed E-state index contributed by atoms with van der Waals surface area (Å²) in [6.45, 7) is 1.23. The van der Waals surface area contributed by atoms with Crippen LogP contribution in [0.25, 0.3) is 0 Å². The van der Waals surface area contributed by atoms with Crippen molar-refractivity contribution in [3.63, 3.8) is 0 Å². The number of nitrogens with zero attached hydrogens (tertiary/aromatic N) is 3. The highest BCUT2D eigenvalue weighted by Crippen LogP contribution is 2.36. The van der Waals surface area contributed by atoms with E-state index in [1.165, 1.54) is 25.6 Å². The zero-order valence-corrected chi connectivity index (χ0v) is 14.1. The average Bonchev–Trinajstić information content (AvgIpc) is 2.64. The molecule has 1 fully saturated rings. The Kier molecular flexibility index (Phi) is 5.13. The Bertz CT molecular complexity index is 744. The lowest BCUT2D eigenvalue weighted by Gasteiger charge is -2.42. The molecule has 3 rings (SSSR count). The van der Waals surface area contributed by atoms with Crippen LogP contribution in [0.5, 0.6) is 5.88 Å². The van der Waals surface area contributed by atoms with Crippen molar-refractivity contribution in [1.29, 1.82) is 0 Å². The maximum Gasteiger partial charge on any atom is 0.218 e. The summed E-state index contributed by atoms with van der Waals surface area (Å²) < 4.78 is 32.3. The van der Waals surface area contributed by atoms with Gasteiger partial charge in [0.05, 0.1) is 13.7 Å². The zero-order valence-electron chi connectivity index (χ0n) is 14.1. The number of methoxy groups -OCH3 is 1. The lowest BCUT2D eigenvalue weighted by Crippen LogP contribution is -2.47. The summed E-state index contributed by atoms with van der Waals surface area (Å²) in [4.78, 5) is 10.3. The van der Waals surface area contributed by atoms with Gasteiger partial charge in [0.2, 0.25) is 5.88 Å². The minimum absolute atomic E-state index is 0.0808. The van der Waals surface area contributed by atoms with Gasteiger partial charge in [-0.25, -0.2) is 18.7 Å². The van der Waals surface area contributed by atoms with Crippen molar-refractivity contribution in [1.82, 2.24) is 9.97 Å². The Morgan fingerprint density at radius 3 is 2.84 bits per heavy atom. The van der Waals surface area contributed by atoms with Gasteiger partial charge < -0.3 is 14.7 Å². The Morgan fingerprint density at radius 1 is 1.28 bits per heavy atom. The van der Waals surface area contributed by atoms with Crippen LogP contribution in [0.15, 0.2) is 30.6 Å². The molecule has 1 aromatic carbocycles. The molecule has 1 aromatic heterocycles. The number of ether oxygens (including phenoxy) is 1. The third-order valence-electron chi connectivity index (χ3n) is 4.74. The summed E-state index contributed by atoms with van der Waals surface area (Å²) in [6, 6.07) is 5.33. The van der Waals surface area contributed by atoms with E-state index < -0.39 is 17.0 Å². The molecule has 25 heavy (non-hydrogen) atoms. The first-order valence-electron chi connectivity index (χ1n) is 8.21. The molecule has 7 heteroatoms. The summed E-state index contributed by atoms with van der Waals surface area (Å²) in [5.41, 5.74) is -0.0904. The Morgan fingerprint density at radius 2 is 2.12 bits per heavy atom. The Labute approximate surface area is 145 Å². The van der Waals surface area contributed by atoms with E-state index in [0.29, 0.717) is 30.2 Å². The smallest absolute Gasteiger partial charge is 0.218 e. The van der Waals surface area contributed by atoms with Crippen LogP contribution in [-0.2, 0) is 6.42 Å². The standard InChI is InChI=1S/C18H21F2N3O2/c1-25-17-8-16(21-12-22-17)23-6-2-5-18(10-23,11-24)9-13-3-4-14(19)7-15(13)20/h3-4,7-8,12,24H,2,5-6,9-11H2,1H3. The van der Waals surface area contributed by atoms with Gasteiger partial charge in [0.1, 0.15) is 23.8 Å². The van der Waals surface area contributed by atoms with Crippen molar-refractivity contribution in [3.8, 4) is 5.88 Å².